The van der Waals surface area contributed by atoms with Gasteiger partial charge in [-0.1, -0.05) is 43.9 Å². The number of hydrogen-bond acceptors (Lipinski definition) is 1. The lowest BCUT2D eigenvalue weighted by Crippen LogP contribution is -2.02. The molecule has 0 saturated carbocycles. The van der Waals surface area contributed by atoms with E-state index in [-0.39, 0.29) is 6.10 Å². The summed E-state index contributed by atoms with van der Waals surface area (Å²) < 4.78 is 0. The Morgan fingerprint density at radius 3 is 2.67 bits per heavy atom. The maximum Gasteiger partial charge on any atom is 0.0540 e. The number of hydrogen-bond donors (Lipinski definition) is 1. The fraction of sp³-hybridized carbons (Fsp3) is 0.455. The van der Waals surface area contributed by atoms with Crippen LogP contribution < -0.4 is 0 Å². The van der Waals surface area contributed by atoms with Gasteiger partial charge in [0.15, 0.2) is 0 Å². The Hall–Kier alpha value is -0.820. The molecule has 0 bridgehead atoms. The summed E-state index contributed by atoms with van der Waals surface area (Å²) in [5, 5.41) is 9.19. The third kappa shape index (κ3) is 7.29. The molecule has 0 fully saturated rings. The molecule has 1 unspecified atom stereocenters. The highest BCUT2D eigenvalue weighted by Gasteiger charge is 1.96. The average molecular weight is 166 g/mol. The summed E-state index contributed by atoms with van der Waals surface area (Å²) in [6, 6.07) is 0. The third-order valence-corrected chi connectivity index (χ3v) is 1.63. The lowest BCUT2D eigenvalue weighted by Gasteiger charge is -2.02. The van der Waals surface area contributed by atoms with Crippen molar-refractivity contribution in [2.24, 2.45) is 0 Å². The van der Waals surface area contributed by atoms with E-state index >= 15 is 0 Å². The first-order valence-electron chi connectivity index (χ1n) is 4.43. The number of rotatable bonds is 6. The lowest BCUT2D eigenvalue weighted by molar-refractivity contribution is 0.161. The SMILES string of the molecule is C=C/C=C/C=C/CCC(O)CC. The topological polar surface area (TPSA) is 20.2 Å². The second-order valence-corrected chi connectivity index (χ2v) is 2.69. The lowest BCUT2D eigenvalue weighted by atomic mass is 10.1. The van der Waals surface area contributed by atoms with Crippen LogP contribution >= 0.6 is 0 Å². The van der Waals surface area contributed by atoms with Crippen LogP contribution in [0.2, 0.25) is 0 Å². The Kier molecular flexibility index (Phi) is 7.71. The second kappa shape index (κ2) is 8.28. The van der Waals surface area contributed by atoms with Crippen molar-refractivity contribution in [2.75, 3.05) is 0 Å². The van der Waals surface area contributed by atoms with E-state index in [1.807, 2.05) is 25.2 Å². The van der Waals surface area contributed by atoms with E-state index in [4.69, 9.17) is 0 Å². The minimum Gasteiger partial charge on any atom is -0.393 e. The zero-order valence-corrected chi connectivity index (χ0v) is 7.74. The van der Waals surface area contributed by atoms with Gasteiger partial charge < -0.3 is 5.11 Å². The van der Waals surface area contributed by atoms with Crippen LogP contribution in [0.1, 0.15) is 26.2 Å². The minimum atomic E-state index is -0.141. The smallest absolute Gasteiger partial charge is 0.0540 e. The summed E-state index contributed by atoms with van der Waals surface area (Å²) in [7, 11) is 0. The summed E-state index contributed by atoms with van der Waals surface area (Å²) in [5.41, 5.74) is 0. The molecule has 0 radical (unpaired) electrons. The molecule has 1 N–H and O–H groups in total. The summed E-state index contributed by atoms with van der Waals surface area (Å²) in [5.74, 6) is 0. The molecule has 0 aliphatic carbocycles. The minimum absolute atomic E-state index is 0.141. The third-order valence-electron chi connectivity index (χ3n) is 1.63. The van der Waals surface area contributed by atoms with Gasteiger partial charge in [0.2, 0.25) is 0 Å². The van der Waals surface area contributed by atoms with E-state index < -0.39 is 0 Å². The molecule has 0 amide bonds. The van der Waals surface area contributed by atoms with Crippen LogP contribution in [0, 0.1) is 0 Å². The van der Waals surface area contributed by atoms with E-state index in [1.165, 1.54) is 0 Å². The van der Waals surface area contributed by atoms with Crippen LogP contribution in [-0.2, 0) is 0 Å². The van der Waals surface area contributed by atoms with Crippen LogP contribution in [0.5, 0.6) is 0 Å². The van der Waals surface area contributed by atoms with Gasteiger partial charge in [0, 0.05) is 0 Å². The molecule has 0 saturated heterocycles. The molecule has 0 aromatic heterocycles. The van der Waals surface area contributed by atoms with Gasteiger partial charge in [-0.3, -0.25) is 0 Å². The molecule has 0 heterocycles. The van der Waals surface area contributed by atoms with Crippen LogP contribution in [0.15, 0.2) is 37.0 Å². The van der Waals surface area contributed by atoms with Gasteiger partial charge in [0.05, 0.1) is 6.10 Å². The second-order valence-electron chi connectivity index (χ2n) is 2.69. The van der Waals surface area contributed by atoms with Gasteiger partial charge in [-0.15, -0.1) is 0 Å². The first-order chi connectivity index (χ1) is 5.81. The van der Waals surface area contributed by atoms with Gasteiger partial charge in [-0.05, 0) is 19.3 Å². The number of allylic oxidation sites excluding steroid dienone is 5. The fourth-order valence-corrected chi connectivity index (χ4v) is 0.810. The van der Waals surface area contributed by atoms with Crippen molar-refractivity contribution in [3.8, 4) is 0 Å². The fourth-order valence-electron chi connectivity index (χ4n) is 0.810. The van der Waals surface area contributed by atoms with E-state index in [0.29, 0.717) is 0 Å². The molecule has 68 valence electrons. The largest absolute Gasteiger partial charge is 0.393 e. The molecule has 0 aromatic rings. The van der Waals surface area contributed by atoms with Gasteiger partial charge in [-0.2, -0.15) is 0 Å². The van der Waals surface area contributed by atoms with E-state index in [1.54, 1.807) is 6.08 Å². The Morgan fingerprint density at radius 2 is 2.08 bits per heavy atom. The van der Waals surface area contributed by atoms with Crippen LogP contribution in [-0.4, -0.2) is 11.2 Å². The Bertz CT molecular complexity index is 156. The molecular formula is C11H18O. The standard InChI is InChI=1S/C11H18O/c1-3-5-6-7-8-9-10-11(12)4-2/h3,5-8,11-12H,1,4,9-10H2,2H3/b6-5+,8-7+. The van der Waals surface area contributed by atoms with Crippen LogP contribution in [0.3, 0.4) is 0 Å². The van der Waals surface area contributed by atoms with Crippen molar-refractivity contribution in [2.45, 2.75) is 32.3 Å². The Balaban J connectivity index is 3.35. The molecule has 0 aromatic carbocycles. The molecule has 12 heavy (non-hydrogen) atoms. The van der Waals surface area contributed by atoms with E-state index in [2.05, 4.69) is 12.7 Å². The molecule has 0 aliphatic heterocycles. The average Bonchev–Trinajstić information content (AvgIpc) is 2.10. The van der Waals surface area contributed by atoms with Crippen LogP contribution in [0.25, 0.3) is 0 Å². The van der Waals surface area contributed by atoms with Gasteiger partial charge in [0.25, 0.3) is 0 Å². The van der Waals surface area contributed by atoms with Gasteiger partial charge >= 0.3 is 0 Å². The molecule has 0 spiro atoms. The normalized spacial score (nSPS) is 14.2. The van der Waals surface area contributed by atoms with Gasteiger partial charge in [0.1, 0.15) is 0 Å². The highest BCUT2D eigenvalue weighted by Crippen LogP contribution is 2.01. The Labute approximate surface area is 75.1 Å². The quantitative estimate of drug-likeness (QED) is 0.601. The van der Waals surface area contributed by atoms with Gasteiger partial charge in [-0.25, -0.2) is 0 Å². The first-order valence-corrected chi connectivity index (χ1v) is 4.43. The zero-order chi connectivity index (χ0) is 9.23. The molecule has 0 rings (SSSR count). The Morgan fingerprint density at radius 1 is 1.33 bits per heavy atom. The number of aliphatic hydroxyl groups is 1. The monoisotopic (exact) mass is 166 g/mol. The summed E-state index contributed by atoms with van der Waals surface area (Å²) >= 11 is 0. The zero-order valence-electron chi connectivity index (χ0n) is 7.74. The predicted octanol–water partition coefficient (Wildman–Crippen LogP) is 2.84. The van der Waals surface area contributed by atoms with Crippen molar-refractivity contribution in [1.82, 2.24) is 0 Å². The highest BCUT2D eigenvalue weighted by molar-refractivity contribution is 5.08. The molecule has 1 atom stereocenters. The molecule has 1 nitrogen and oxygen atoms in total. The van der Waals surface area contributed by atoms with Crippen molar-refractivity contribution in [3.05, 3.63) is 37.0 Å². The predicted molar refractivity (Wildman–Crippen MR) is 54.0 cm³/mol. The number of aliphatic hydroxyl groups excluding tert-OH is 1. The highest BCUT2D eigenvalue weighted by atomic mass is 16.3. The molecule has 1 heteroatoms. The molecule has 0 aliphatic rings. The first kappa shape index (κ1) is 11.2. The van der Waals surface area contributed by atoms with Crippen molar-refractivity contribution in [3.63, 3.8) is 0 Å². The van der Waals surface area contributed by atoms with Crippen molar-refractivity contribution in [1.29, 1.82) is 0 Å². The summed E-state index contributed by atoms with van der Waals surface area (Å²) in [6.45, 7) is 5.55. The van der Waals surface area contributed by atoms with E-state index in [0.717, 1.165) is 19.3 Å². The molecular weight excluding hydrogens is 148 g/mol. The van der Waals surface area contributed by atoms with Crippen molar-refractivity contribution >= 4 is 0 Å². The van der Waals surface area contributed by atoms with Crippen molar-refractivity contribution < 1.29 is 5.11 Å². The maximum atomic E-state index is 9.19. The van der Waals surface area contributed by atoms with E-state index in [9.17, 15) is 5.11 Å². The maximum absolute atomic E-state index is 9.19. The van der Waals surface area contributed by atoms with Crippen LogP contribution in [0.4, 0.5) is 0 Å². The summed E-state index contributed by atoms with van der Waals surface area (Å²) in [6.07, 6.45) is 12.1. The summed E-state index contributed by atoms with van der Waals surface area (Å²) in [4.78, 5) is 0.